The number of esters is 1. The maximum atomic E-state index is 11.9. The third-order valence-corrected chi connectivity index (χ3v) is 2.78. The maximum absolute atomic E-state index is 11.9. The Labute approximate surface area is 126 Å². The first-order chi connectivity index (χ1) is 9.39. The minimum atomic E-state index is -0.966. The zero-order valence-electron chi connectivity index (χ0n) is 14.0. The van der Waals surface area contributed by atoms with Gasteiger partial charge in [-0.05, 0) is 33.1 Å². The van der Waals surface area contributed by atoms with Crippen LogP contribution in [-0.2, 0) is 19.0 Å². The van der Waals surface area contributed by atoms with Gasteiger partial charge in [-0.3, -0.25) is 0 Å². The van der Waals surface area contributed by atoms with E-state index in [1.165, 1.54) is 0 Å². The Hall–Kier alpha value is -1.30. The molecule has 2 atom stereocenters. The molecule has 0 bridgehead atoms. The molecule has 21 heavy (non-hydrogen) atoms. The van der Waals surface area contributed by atoms with Crippen LogP contribution in [0.5, 0.6) is 0 Å². The molecule has 1 N–H and O–H groups in total. The van der Waals surface area contributed by atoms with Crippen LogP contribution in [0.3, 0.4) is 0 Å². The van der Waals surface area contributed by atoms with Gasteiger partial charge in [0.15, 0.2) is 6.10 Å². The van der Waals surface area contributed by atoms with E-state index in [2.05, 4.69) is 5.32 Å². The highest BCUT2D eigenvalue weighted by Crippen LogP contribution is 2.27. The van der Waals surface area contributed by atoms with E-state index >= 15 is 0 Å². The van der Waals surface area contributed by atoms with Crippen molar-refractivity contribution in [1.29, 1.82) is 0 Å². The number of carbonyl (C=O) groups excluding carboxylic acids is 2. The molecule has 0 aliphatic carbocycles. The fourth-order valence-electron chi connectivity index (χ4n) is 2.15. The molecule has 1 saturated heterocycles. The molecule has 0 radical (unpaired) electrons. The van der Waals surface area contributed by atoms with Gasteiger partial charge in [0.25, 0.3) is 0 Å². The highest BCUT2D eigenvalue weighted by atomic mass is 16.8. The van der Waals surface area contributed by atoms with Crippen molar-refractivity contribution in [3.63, 3.8) is 0 Å². The summed E-state index contributed by atoms with van der Waals surface area (Å²) in [7, 11) is 0. The van der Waals surface area contributed by atoms with Crippen molar-refractivity contribution in [2.75, 3.05) is 0 Å². The second-order valence-electron chi connectivity index (χ2n) is 7.24. The van der Waals surface area contributed by atoms with Crippen LogP contribution in [0, 0.1) is 5.92 Å². The molecule has 1 aliphatic heterocycles. The number of hydrogen-bond donors (Lipinski definition) is 1. The summed E-state index contributed by atoms with van der Waals surface area (Å²) in [5.41, 5.74) is -0.594. The number of ether oxygens (including phenoxy) is 3. The Balaban J connectivity index is 2.77. The van der Waals surface area contributed by atoms with E-state index in [1.54, 1.807) is 34.6 Å². The van der Waals surface area contributed by atoms with Crippen LogP contribution >= 0.6 is 0 Å². The third-order valence-electron chi connectivity index (χ3n) is 2.78. The smallest absolute Gasteiger partial charge is 0.407 e. The molecule has 6 heteroatoms. The van der Waals surface area contributed by atoms with Gasteiger partial charge in [0.2, 0.25) is 5.79 Å². The number of carbonyl (C=O) groups is 2. The molecule has 1 amide bonds. The summed E-state index contributed by atoms with van der Waals surface area (Å²) in [5.74, 6) is -1.14. The largest absolute Gasteiger partial charge is 0.444 e. The van der Waals surface area contributed by atoms with E-state index < -0.39 is 35.6 Å². The average Bonchev–Trinajstić information content (AvgIpc) is 2.47. The lowest BCUT2D eigenvalue weighted by Crippen LogP contribution is -2.48. The molecular formula is C15H27NO5. The van der Waals surface area contributed by atoms with Crippen LogP contribution in [0.1, 0.15) is 54.9 Å². The van der Waals surface area contributed by atoms with E-state index in [-0.39, 0.29) is 5.92 Å². The standard InChI is InChI=1S/C15H27NO5/c1-9(2)8-10(16-13(18)21-14(3,4)5)11-12(17)20-15(6,7)19-11/h9-11H,8H2,1-7H3,(H,16,18)/t10-,11-/m0/s1. The summed E-state index contributed by atoms with van der Waals surface area (Å²) in [4.78, 5) is 23.9. The van der Waals surface area contributed by atoms with Crippen molar-refractivity contribution in [2.24, 2.45) is 5.92 Å². The van der Waals surface area contributed by atoms with Gasteiger partial charge in [-0.15, -0.1) is 0 Å². The van der Waals surface area contributed by atoms with Gasteiger partial charge in [0, 0.05) is 13.8 Å². The molecule has 0 aromatic carbocycles. The summed E-state index contributed by atoms with van der Waals surface area (Å²) in [6.07, 6.45) is -0.779. The minimum Gasteiger partial charge on any atom is -0.444 e. The molecule has 6 nitrogen and oxygen atoms in total. The Morgan fingerprint density at radius 3 is 2.33 bits per heavy atom. The first-order valence-corrected chi connectivity index (χ1v) is 7.30. The third kappa shape index (κ3) is 5.91. The van der Waals surface area contributed by atoms with Crippen molar-refractivity contribution >= 4 is 12.1 Å². The summed E-state index contributed by atoms with van der Waals surface area (Å²) in [6.45, 7) is 12.7. The summed E-state index contributed by atoms with van der Waals surface area (Å²) in [6, 6.07) is -0.478. The van der Waals surface area contributed by atoms with Gasteiger partial charge in [-0.25, -0.2) is 9.59 Å². The summed E-state index contributed by atoms with van der Waals surface area (Å²) < 4.78 is 16.0. The van der Waals surface area contributed by atoms with Crippen molar-refractivity contribution < 1.29 is 23.8 Å². The van der Waals surface area contributed by atoms with Gasteiger partial charge >= 0.3 is 12.1 Å². The molecule has 122 valence electrons. The normalized spacial score (nSPS) is 22.9. The Morgan fingerprint density at radius 2 is 1.95 bits per heavy atom. The van der Waals surface area contributed by atoms with E-state index in [9.17, 15) is 9.59 Å². The SMILES string of the molecule is CC(C)C[C@H](NC(=O)OC(C)(C)C)[C@@H]1OC(C)(C)OC1=O. The molecule has 0 unspecified atom stereocenters. The zero-order chi connectivity index (χ0) is 16.4. The van der Waals surface area contributed by atoms with Crippen LogP contribution in [0.25, 0.3) is 0 Å². The van der Waals surface area contributed by atoms with Crippen LogP contribution < -0.4 is 5.32 Å². The van der Waals surface area contributed by atoms with E-state index in [0.717, 1.165) is 0 Å². The Bertz CT molecular complexity index is 397. The van der Waals surface area contributed by atoms with Crippen molar-refractivity contribution in [1.82, 2.24) is 5.32 Å². The second kappa shape index (κ2) is 6.22. The molecule has 1 fully saturated rings. The fraction of sp³-hybridized carbons (Fsp3) is 0.867. The van der Waals surface area contributed by atoms with Gasteiger partial charge in [0.05, 0.1) is 6.04 Å². The number of rotatable bonds is 4. The monoisotopic (exact) mass is 301 g/mol. The molecular weight excluding hydrogens is 274 g/mol. The highest BCUT2D eigenvalue weighted by molar-refractivity contribution is 5.79. The number of hydrogen-bond acceptors (Lipinski definition) is 5. The average molecular weight is 301 g/mol. The van der Waals surface area contributed by atoms with E-state index in [4.69, 9.17) is 14.2 Å². The molecule has 1 aliphatic rings. The van der Waals surface area contributed by atoms with Crippen molar-refractivity contribution in [2.45, 2.75) is 78.4 Å². The number of cyclic esters (lactones) is 1. The maximum Gasteiger partial charge on any atom is 0.407 e. The van der Waals surface area contributed by atoms with Gasteiger partial charge in [-0.1, -0.05) is 13.8 Å². The molecule has 0 aromatic heterocycles. The van der Waals surface area contributed by atoms with Gasteiger partial charge in [0.1, 0.15) is 5.60 Å². The molecule has 0 aromatic rings. The van der Waals surface area contributed by atoms with Crippen molar-refractivity contribution in [3.8, 4) is 0 Å². The Morgan fingerprint density at radius 1 is 1.38 bits per heavy atom. The number of amides is 1. The molecule has 1 rings (SSSR count). The van der Waals surface area contributed by atoms with E-state index in [1.807, 2.05) is 13.8 Å². The predicted molar refractivity (Wildman–Crippen MR) is 77.7 cm³/mol. The molecule has 1 heterocycles. The molecule has 0 saturated carbocycles. The quantitative estimate of drug-likeness (QED) is 0.808. The van der Waals surface area contributed by atoms with Crippen LogP contribution in [0.4, 0.5) is 4.79 Å². The zero-order valence-corrected chi connectivity index (χ0v) is 14.0. The second-order valence-corrected chi connectivity index (χ2v) is 7.24. The lowest BCUT2D eigenvalue weighted by atomic mass is 9.99. The number of alkyl carbamates (subject to hydrolysis) is 1. The Kier molecular flexibility index (Phi) is 5.25. The lowest BCUT2D eigenvalue weighted by molar-refractivity contribution is -0.161. The topological polar surface area (TPSA) is 73.9 Å². The van der Waals surface area contributed by atoms with Crippen LogP contribution in [0.2, 0.25) is 0 Å². The van der Waals surface area contributed by atoms with Gasteiger partial charge < -0.3 is 19.5 Å². The number of nitrogens with one attached hydrogen (secondary N) is 1. The lowest BCUT2D eigenvalue weighted by Gasteiger charge is -2.27. The molecule has 0 spiro atoms. The van der Waals surface area contributed by atoms with Crippen LogP contribution in [0.15, 0.2) is 0 Å². The van der Waals surface area contributed by atoms with Crippen LogP contribution in [-0.4, -0.2) is 35.6 Å². The summed E-state index contributed by atoms with van der Waals surface area (Å²) in [5, 5.41) is 2.73. The van der Waals surface area contributed by atoms with E-state index in [0.29, 0.717) is 6.42 Å². The summed E-state index contributed by atoms with van der Waals surface area (Å²) >= 11 is 0. The highest BCUT2D eigenvalue weighted by Gasteiger charge is 2.46. The first kappa shape index (κ1) is 17.8. The predicted octanol–water partition coefficient (Wildman–Crippen LogP) is 2.60. The van der Waals surface area contributed by atoms with Gasteiger partial charge in [-0.2, -0.15) is 0 Å². The fourth-order valence-corrected chi connectivity index (χ4v) is 2.15. The first-order valence-electron chi connectivity index (χ1n) is 7.30. The minimum absolute atomic E-state index is 0.282. The van der Waals surface area contributed by atoms with Crippen molar-refractivity contribution in [3.05, 3.63) is 0 Å².